The predicted octanol–water partition coefficient (Wildman–Crippen LogP) is 3.09. The van der Waals surface area contributed by atoms with Gasteiger partial charge >= 0.3 is 0 Å². The molecule has 0 aliphatic rings. The molecule has 1 rings (SSSR count). The van der Waals surface area contributed by atoms with E-state index in [1.807, 2.05) is 24.3 Å². The standard InChI is InChI=1S/C13H20O2S/c1-2-3-8-15-9-10-16-13-6-4-12(11-14)5-7-13/h4-7,14H,2-3,8-11H2,1H3. The Morgan fingerprint density at radius 1 is 1.19 bits per heavy atom. The summed E-state index contributed by atoms with van der Waals surface area (Å²) in [6, 6.07) is 8.01. The minimum atomic E-state index is 0.116. The third-order valence-electron chi connectivity index (χ3n) is 2.24. The van der Waals surface area contributed by atoms with Crippen LogP contribution < -0.4 is 0 Å². The van der Waals surface area contributed by atoms with Crippen LogP contribution in [-0.4, -0.2) is 24.1 Å². The maximum absolute atomic E-state index is 8.90. The molecule has 1 aromatic rings. The summed E-state index contributed by atoms with van der Waals surface area (Å²) < 4.78 is 5.48. The summed E-state index contributed by atoms with van der Waals surface area (Å²) in [5.41, 5.74) is 0.962. The van der Waals surface area contributed by atoms with E-state index in [0.29, 0.717) is 0 Å². The van der Waals surface area contributed by atoms with E-state index in [0.717, 1.165) is 31.0 Å². The smallest absolute Gasteiger partial charge is 0.0681 e. The number of aliphatic hydroxyl groups excluding tert-OH is 1. The lowest BCUT2D eigenvalue weighted by Gasteiger charge is -2.04. The molecule has 0 aliphatic carbocycles. The number of unbranched alkanes of at least 4 members (excludes halogenated alkanes) is 1. The second-order valence-corrected chi connectivity index (χ2v) is 4.78. The van der Waals surface area contributed by atoms with Crippen LogP contribution in [0, 0.1) is 0 Å². The van der Waals surface area contributed by atoms with Crippen molar-refractivity contribution in [2.24, 2.45) is 0 Å². The molecule has 0 aliphatic heterocycles. The van der Waals surface area contributed by atoms with Crippen molar-refractivity contribution < 1.29 is 9.84 Å². The lowest BCUT2D eigenvalue weighted by molar-refractivity contribution is 0.147. The van der Waals surface area contributed by atoms with Crippen LogP contribution in [0.5, 0.6) is 0 Å². The summed E-state index contributed by atoms with van der Waals surface area (Å²) in [6.45, 7) is 3.97. The van der Waals surface area contributed by atoms with Crippen LogP contribution in [0.25, 0.3) is 0 Å². The fraction of sp³-hybridized carbons (Fsp3) is 0.538. The van der Waals surface area contributed by atoms with E-state index in [-0.39, 0.29) is 6.61 Å². The molecule has 90 valence electrons. The molecule has 0 atom stereocenters. The summed E-state index contributed by atoms with van der Waals surface area (Å²) in [7, 11) is 0. The normalized spacial score (nSPS) is 10.6. The molecule has 0 bridgehead atoms. The highest BCUT2D eigenvalue weighted by atomic mass is 32.2. The molecule has 0 radical (unpaired) electrons. The Balaban J connectivity index is 2.12. The summed E-state index contributed by atoms with van der Waals surface area (Å²) in [5, 5.41) is 8.90. The summed E-state index contributed by atoms with van der Waals surface area (Å²) >= 11 is 1.79. The molecule has 1 N–H and O–H groups in total. The average Bonchev–Trinajstić information content (AvgIpc) is 2.34. The molecule has 0 unspecified atom stereocenters. The molecule has 16 heavy (non-hydrogen) atoms. The van der Waals surface area contributed by atoms with Gasteiger partial charge in [-0.25, -0.2) is 0 Å². The SMILES string of the molecule is CCCCOCCSc1ccc(CO)cc1. The van der Waals surface area contributed by atoms with Crippen LogP contribution in [0.3, 0.4) is 0 Å². The molecule has 0 aromatic heterocycles. The lowest BCUT2D eigenvalue weighted by atomic mass is 10.2. The monoisotopic (exact) mass is 240 g/mol. The highest BCUT2D eigenvalue weighted by molar-refractivity contribution is 7.99. The van der Waals surface area contributed by atoms with Gasteiger partial charge in [-0.2, -0.15) is 0 Å². The molecule has 2 nitrogen and oxygen atoms in total. The van der Waals surface area contributed by atoms with E-state index in [1.54, 1.807) is 11.8 Å². The minimum Gasteiger partial charge on any atom is -0.392 e. The second-order valence-electron chi connectivity index (χ2n) is 3.62. The van der Waals surface area contributed by atoms with E-state index in [1.165, 1.54) is 11.3 Å². The van der Waals surface area contributed by atoms with Crippen LogP contribution in [0.15, 0.2) is 29.2 Å². The van der Waals surface area contributed by atoms with E-state index in [9.17, 15) is 0 Å². The van der Waals surface area contributed by atoms with Gasteiger partial charge < -0.3 is 9.84 Å². The zero-order chi connectivity index (χ0) is 11.6. The molecule has 0 amide bonds. The van der Waals surface area contributed by atoms with Crippen molar-refractivity contribution in [1.29, 1.82) is 0 Å². The third-order valence-corrected chi connectivity index (χ3v) is 3.22. The summed E-state index contributed by atoms with van der Waals surface area (Å²) in [4.78, 5) is 1.23. The highest BCUT2D eigenvalue weighted by Crippen LogP contribution is 2.18. The fourth-order valence-electron chi connectivity index (χ4n) is 1.26. The molecule has 0 fully saturated rings. The van der Waals surface area contributed by atoms with Crippen LogP contribution in [-0.2, 0) is 11.3 Å². The van der Waals surface area contributed by atoms with Gasteiger partial charge in [-0.15, -0.1) is 11.8 Å². The van der Waals surface area contributed by atoms with Gasteiger partial charge in [-0.1, -0.05) is 25.5 Å². The van der Waals surface area contributed by atoms with Gasteiger partial charge in [0.05, 0.1) is 13.2 Å². The zero-order valence-corrected chi connectivity index (χ0v) is 10.6. The number of aliphatic hydroxyl groups is 1. The first-order valence-corrected chi connectivity index (χ1v) is 6.75. The third kappa shape index (κ3) is 5.54. The molecule has 0 heterocycles. The number of hydrogen-bond donors (Lipinski definition) is 1. The highest BCUT2D eigenvalue weighted by Gasteiger charge is 1.95. The first-order valence-electron chi connectivity index (χ1n) is 5.77. The number of ether oxygens (including phenoxy) is 1. The van der Waals surface area contributed by atoms with Crippen molar-refractivity contribution in [3.05, 3.63) is 29.8 Å². The van der Waals surface area contributed by atoms with E-state index in [4.69, 9.17) is 9.84 Å². The topological polar surface area (TPSA) is 29.5 Å². The largest absolute Gasteiger partial charge is 0.392 e. The van der Waals surface area contributed by atoms with E-state index >= 15 is 0 Å². The van der Waals surface area contributed by atoms with Crippen molar-refractivity contribution in [1.82, 2.24) is 0 Å². The maximum atomic E-state index is 8.90. The Bertz CT molecular complexity index is 272. The van der Waals surface area contributed by atoms with Crippen molar-refractivity contribution >= 4 is 11.8 Å². The Kier molecular flexibility index (Phi) is 7.30. The molecule has 0 saturated heterocycles. The second kappa shape index (κ2) is 8.62. The lowest BCUT2D eigenvalue weighted by Crippen LogP contribution is -1.98. The molecular weight excluding hydrogens is 220 g/mol. The maximum Gasteiger partial charge on any atom is 0.0681 e. The van der Waals surface area contributed by atoms with Crippen molar-refractivity contribution in [2.45, 2.75) is 31.3 Å². The molecular formula is C13H20O2S. The predicted molar refractivity (Wildman–Crippen MR) is 68.8 cm³/mol. The van der Waals surface area contributed by atoms with E-state index in [2.05, 4.69) is 6.92 Å². The minimum absolute atomic E-state index is 0.116. The van der Waals surface area contributed by atoms with Gasteiger partial charge in [0.2, 0.25) is 0 Å². The Morgan fingerprint density at radius 3 is 2.56 bits per heavy atom. The molecule has 0 spiro atoms. The zero-order valence-electron chi connectivity index (χ0n) is 9.82. The first-order chi connectivity index (χ1) is 7.86. The van der Waals surface area contributed by atoms with Crippen LogP contribution in [0.2, 0.25) is 0 Å². The summed E-state index contributed by atoms with van der Waals surface area (Å²) in [6.07, 6.45) is 2.34. The van der Waals surface area contributed by atoms with Crippen LogP contribution >= 0.6 is 11.8 Å². The Hall–Kier alpha value is -0.510. The van der Waals surface area contributed by atoms with E-state index < -0.39 is 0 Å². The number of thioether (sulfide) groups is 1. The average molecular weight is 240 g/mol. The van der Waals surface area contributed by atoms with Crippen molar-refractivity contribution in [3.63, 3.8) is 0 Å². The molecule has 0 saturated carbocycles. The Labute approximate surface area is 102 Å². The van der Waals surface area contributed by atoms with Crippen molar-refractivity contribution in [2.75, 3.05) is 19.0 Å². The van der Waals surface area contributed by atoms with Gasteiger partial charge in [0.1, 0.15) is 0 Å². The fourth-order valence-corrected chi connectivity index (χ4v) is 2.02. The van der Waals surface area contributed by atoms with Crippen molar-refractivity contribution in [3.8, 4) is 0 Å². The van der Waals surface area contributed by atoms with Gasteiger partial charge in [-0.05, 0) is 24.1 Å². The Morgan fingerprint density at radius 2 is 1.94 bits per heavy atom. The number of hydrogen-bond acceptors (Lipinski definition) is 3. The number of rotatable bonds is 8. The van der Waals surface area contributed by atoms with Gasteiger partial charge in [0.25, 0.3) is 0 Å². The molecule has 3 heteroatoms. The number of benzene rings is 1. The van der Waals surface area contributed by atoms with Gasteiger partial charge in [-0.3, -0.25) is 0 Å². The first kappa shape index (κ1) is 13.6. The quantitative estimate of drug-likeness (QED) is 0.559. The summed E-state index contributed by atoms with van der Waals surface area (Å²) in [5.74, 6) is 0.988. The van der Waals surface area contributed by atoms with Gasteiger partial charge in [0.15, 0.2) is 0 Å². The van der Waals surface area contributed by atoms with Crippen LogP contribution in [0.1, 0.15) is 25.3 Å². The van der Waals surface area contributed by atoms with Gasteiger partial charge in [0, 0.05) is 17.3 Å². The molecule has 1 aromatic carbocycles. The van der Waals surface area contributed by atoms with Crippen LogP contribution in [0.4, 0.5) is 0 Å².